The number of nitrogens with one attached hydrogen (secondary N) is 2. The first kappa shape index (κ1) is 16.0. The third-order valence-electron chi connectivity index (χ3n) is 2.69. The first-order valence-electron chi connectivity index (χ1n) is 6.58. The van der Waals surface area contributed by atoms with Gasteiger partial charge in [-0.05, 0) is 25.1 Å². The van der Waals surface area contributed by atoms with Crippen molar-refractivity contribution in [3.63, 3.8) is 0 Å². The minimum absolute atomic E-state index is 0.0944. The first-order chi connectivity index (χ1) is 9.60. The molecule has 0 spiro atoms. The fraction of sp³-hybridized carbons (Fsp3) is 0.429. The molecule has 0 radical (unpaired) electrons. The molecule has 110 valence electrons. The molecule has 6 heteroatoms. The zero-order valence-corrected chi connectivity index (χ0v) is 11.9. The van der Waals surface area contributed by atoms with E-state index in [1.54, 1.807) is 25.1 Å². The second-order valence-electron chi connectivity index (χ2n) is 4.26. The van der Waals surface area contributed by atoms with Crippen LogP contribution in [0.5, 0.6) is 5.75 Å². The third kappa shape index (κ3) is 4.89. The lowest BCUT2D eigenvalue weighted by molar-refractivity contribution is -0.116. The summed E-state index contributed by atoms with van der Waals surface area (Å²) in [7, 11) is 1.51. The maximum absolute atomic E-state index is 11.6. The molecule has 1 aromatic carbocycles. The average Bonchev–Trinajstić information content (AvgIpc) is 2.46. The second kappa shape index (κ2) is 8.16. The van der Waals surface area contributed by atoms with E-state index in [0.29, 0.717) is 42.9 Å². The number of carbonyl (C=O) groups excluding carboxylic acids is 2. The van der Waals surface area contributed by atoms with Crippen LogP contribution in [0.3, 0.4) is 0 Å². The van der Waals surface area contributed by atoms with Gasteiger partial charge in [0.1, 0.15) is 5.75 Å². The molecule has 0 aliphatic heterocycles. The summed E-state index contributed by atoms with van der Waals surface area (Å²) in [5, 5.41) is 5.49. The Morgan fingerprint density at radius 2 is 2.00 bits per heavy atom. The van der Waals surface area contributed by atoms with Crippen LogP contribution in [0.25, 0.3) is 0 Å². The summed E-state index contributed by atoms with van der Waals surface area (Å²) >= 11 is 0. The standard InChI is InChI=1S/C14H21N3O3/c1-3-13(18)17-11-7-6-10(9-12(11)20-2)16-14(19)5-4-8-15/h6-7,9H,3-5,8,15H2,1-2H3,(H,16,19)(H,17,18). The number of amides is 2. The highest BCUT2D eigenvalue weighted by atomic mass is 16.5. The Balaban J connectivity index is 2.76. The molecule has 20 heavy (non-hydrogen) atoms. The molecule has 0 bridgehead atoms. The lowest BCUT2D eigenvalue weighted by Crippen LogP contribution is -2.14. The van der Waals surface area contributed by atoms with Crippen LogP contribution in [0.15, 0.2) is 18.2 Å². The molecule has 0 saturated heterocycles. The van der Waals surface area contributed by atoms with Crippen LogP contribution in [-0.4, -0.2) is 25.5 Å². The molecule has 0 fully saturated rings. The fourth-order valence-corrected chi connectivity index (χ4v) is 1.60. The highest BCUT2D eigenvalue weighted by Gasteiger charge is 2.08. The van der Waals surface area contributed by atoms with Crippen molar-refractivity contribution in [1.82, 2.24) is 0 Å². The van der Waals surface area contributed by atoms with Crippen molar-refractivity contribution in [2.24, 2.45) is 5.73 Å². The lowest BCUT2D eigenvalue weighted by atomic mass is 10.2. The van der Waals surface area contributed by atoms with Crippen LogP contribution in [0, 0.1) is 0 Å². The number of rotatable bonds is 7. The molecule has 1 aromatic rings. The van der Waals surface area contributed by atoms with Gasteiger partial charge < -0.3 is 21.1 Å². The van der Waals surface area contributed by atoms with Gasteiger partial charge in [0.05, 0.1) is 12.8 Å². The number of hydrogen-bond acceptors (Lipinski definition) is 4. The molecule has 0 aromatic heterocycles. The summed E-state index contributed by atoms with van der Waals surface area (Å²) in [4.78, 5) is 23.0. The van der Waals surface area contributed by atoms with Gasteiger partial charge in [-0.1, -0.05) is 6.92 Å². The summed E-state index contributed by atoms with van der Waals surface area (Å²) in [6.07, 6.45) is 1.42. The van der Waals surface area contributed by atoms with Gasteiger partial charge in [-0.15, -0.1) is 0 Å². The van der Waals surface area contributed by atoms with Gasteiger partial charge in [0.15, 0.2) is 0 Å². The Kier molecular flexibility index (Phi) is 6.52. The van der Waals surface area contributed by atoms with Crippen LogP contribution in [-0.2, 0) is 9.59 Å². The third-order valence-corrected chi connectivity index (χ3v) is 2.69. The molecule has 0 aliphatic carbocycles. The fourth-order valence-electron chi connectivity index (χ4n) is 1.60. The van der Waals surface area contributed by atoms with Crippen LogP contribution < -0.4 is 21.1 Å². The van der Waals surface area contributed by atoms with Gasteiger partial charge in [-0.2, -0.15) is 0 Å². The highest BCUT2D eigenvalue weighted by molar-refractivity contribution is 5.94. The number of benzene rings is 1. The Morgan fingerprint density at radius 1 is 1.25 bits per heavy atom. The molecular formula is C14H21N3O3. The van der Waals surface area contributed by atoms with Crippen LogP contribution in [0.2, 0.25) is 0 Å². The van der Waals surface area contributed by atoms with Crippen LogP contribution in [0.4, 0.5) is 11.4 Å². The molecule has 4 N–H and O–H groups in total. The Labute approximate surface area is 118 Å². The van der Waals surface area contributed by atoms with Gasteiger partial charge >= 0.3 is 0 Å². The van der Waals surface area contributed by atoms with Crippen molar-refractivity contribution < 1.29 is 14.3 Å². The monoisotopic (exact) mass is 279 g/mol. The number of hydrogen-bond donors (Lipinski definition) is 3. The zero-order chi connectivity index (χ0) is 15.0. The quantitative estimate of drug-likeness (QED) is 0.708. The maximum atomic E-state index is 11.6. The van der Waals surface area contributed by atoms with Gasteiger partial charge in [-0.25, -0.2) is 0 Å². The molecule has 0 atom stereocenters. The SMILES string of the molecule is CCC(=O)Nc1ccc(NC(=O)CCCN)cc1OC. The van der Waals surface area contributed by atoms with Gasteiger partial charge in [-0.3, -0.25) is 9.59 Å². The first-order valence-corrected chi connectivity index (χ1v) is 6.58. The Bertz CT molecular complexity index is 475. The summed E-state index contributed by atoms with van der Waals surface area (Å²) in [6, 6.07) is 5.09. The largest absolute Gasteiger partial charge is 0.494 e. The number of anilines is 2. The van der Waals surface area contributed by atoms with E-state index < -0.39 is 0 Å². The van der Waals surface area contributed by atoms with Crippen molar-refractivity contribution in [2.75, 3.05) is 24.3 Å². The molecule has 0 unspecified atom stereocenters. The van der Waals surface area contributed by atoms with Crippen molar-refractivity contribution in [3.8, 4) is 5.75 Å². The Morgan fingerprint density at radius 3 is 2.60 bits per heavy atom. The molecule has 0 aliphatic rings. The van der Waals surface area contributed by atoms with E-state index in [1.807, 2.05) is 0 Å². The van der Waals surface area contributed by atoms with Gasteiger partial charge in [0, 0.05) is 24.6 Å². The Hall–Kier alpha value is -2.08. The van der Waals surface area contributed by atoms with E-state index in [4.69, 9.17) is 10.5 Å². The van der Waals surface area contributed by atoms with E-state index in [2.05, 4.69) is 10.6 Å². The van der Waals surface area contributed by atoms with Crippen LogP contribution in [0.1, 0.15) is 26.2 Å². The molecule has 2 amide bonds. The number of carbonyl (C=O) groups is 2. The van der Waals surface area contributed by atoms with Crippen molar-refractivity contribution in [1.29, 1.82) is 0 Å². The average molecular weight is 279 g/mol. The minimum atomic E-state index is -0.0946. The predicted octanol–water partition coefficient (Wildman–Crippen LogP) is 1.72. The number of methoxy groups -OCH3 is 1. The molecule has 0 saturated carbocycles. The van der Waals surface area contributed by atoms with Crippen molar-refractivity contribution in [2.45, 2.75) is 26.2 Å². The van der Waals surface area contributed by atoms with Crippen molar-refractivity contribution >= 4 is 23.2 Å². The van der Waals surface area contributed by atoms with E-state index in [9.17, 15) is 9.59 Å². The lowest BCUT2D eigenvalue weighted by Gasteiger charge is -2.12. The minimum Gasteiger partial charge on any atom is -0.494 e. The predicted molar refractivity (Wildman–Crippen MR) is 78.8 cm³/mol. The zero-order valence-electron chi connectivity index (χ0n) is 11.9. The number of ether oxygens (including phenoxy) is 1. The van der Waals surface area contributed by atoms with Crippen molar-refractivity contribution in [3.05, 3.63) is 18.2 Å². The van der Waals surface area contributed by atoms with Gasteiger partial charge in [0.25, 0.3) is 0 Å². The molecule has 0 heterocycles. The summed E-state index contributed by atoms with van der Waals surface area (Å²) in [5.41, 5.74) is 6.56. The van der Waals surface area contributed by atoms with E-state index in [-0.39, 0.29) is 11.8 Å². The molecular weight excluding hydrogens is 258 g/mol. The van der Waals surface area contributed by atoms with Crippen LogP contribution >= 0.6 is 0 Å². The van der Waals surface area contributed by atoms with E-state index in [0.717, 1.165) is 0 Å². The number of nitrogens with two attached hydrogens (primary N) is 1. The maximum Gasteiger partial charge on any atom is 0.224 e. The topological polar surface area (TPSA) is 93.5 Å². The smallest absolute Gasteiger partial charge is 0.224 e. The van der Waals surface area contributed by atoms with E-state index >= 15 is 0 Å². The molecule has 1 rings (SSSR count). The molecule has 6 nitrogen and oxygen atoms in total. The summed E-state index contributed by atoms with van der Waals surface area (Å²) in [6.45, 7) is 2.26. The summed E-state index contributed by atoms with van der Waals surface area (Å²) < 4.78 is 5.21. The van der Waals surface area contributed by atoms with Gasteiger partial charge in [0.2, 0.25) is 11.8 Å². The highest BCUT2D eigenvalue weighted by Crippen LogP contribution is 2.28. The second-order valence-corrected chi connectivity index (χ2v) is 4.26. The van der Waals surface area contributed by atoms with E-state index in [1.165, 1.54) is 7.11 Å². The summed E-state index contributed by atoms with van der Waals surface area (Å²) in [5.74, 6) is 0.314. The normalized spacial score (nSPS) is 9.95.